The van der Waals surface area contributed by atoms with Gasteiger partial charge in [-0.05, 0) is 6.42 Å². The molecule has 0 saturated heterocycles. The molecule has 0 radical (unpaired) electrons. The number of aliphatic hydroxyl groups excluding tert-OH is 2. The SMILES string of the molecule is CC(=O)NO[As](=O)(OO)c1ccccc1.OCCCO. The molecular weight excluding hydrogens is 333 g/mol. The van der Waals surface area contributed by atoms with Gasteiger partial charge in [-0.1, -0.05) is 0 Å². The van der Waals surface area contributed by atoms with Crippen molar-refractivity contribution in [2.45, 2.75) is 13.3 Å². The summed E-state index contributed by atoms with van der Waals surface area (Å²) in [5.74, 6) is -0.537. The molecular formula is C11H18AsNO7. The van der Waals surface area contributed by atoms with Crippen LogP contribution in [0.3, 0.4) is 0 Å². The van der Waals surface area contributed by atoms with Crippen LogP contribution in [0, 0.1) is 0 Å². The molecule has 0 aromatic heterocycles. The van der Waals surface area contributed by atoms with Crippen molar-refractivity contribution >= 4 is 24.4 Å². The van der Waals surface area contributed by atoms with E-state index in [1.54, 1.807) is 18.2 Å². The summed E-state index contributed by atoms with van der Waals surface area (Å²) < 4.78 is 20.5. The number of hydroxylamine groups is 1. The topological polar surface area (TPSA) is 125 Å². The van der Waals surface area contributed by atoms with Crippen LogP contribution in [0.1, 0.15) is 13.3 Å². The summed E-state index contributed by atoms with van der Waals surface area (Å²) in [7, 11) is 0. The Kier molecular flexibility index (Phi) is 10.0. The van der Waals surface area contributed by atoms with E-state index in [0.29, 0.717) is 6.42 Å². The van der Waals surface area contributed by atoms with Crippen molar-refractivity contribution in [3.05, 3.63) is 30.3 Å². The minimum atomic E-state index is -4.55. The molecule has 1 atom stereocenters. The van der Waals surface area contributed by atoms with Crippen molar-refractivity contribution < 1.29 is 31.7 Å². The van der Waals surface area contributed by atoms with Crippen LogP contribution in [-0.2, 0) is 16.2 Å². The molecule has 4 N–H and O–H groups in total. The second kappa shape index (κ2) is 10.6. The van der Waals surface area contributed by atoms with Crippen LogP contribution < -0.4 is 9.83 Å². The van der Waals surface area contributed by atoms with E-state index in [-0.39, 0.29) is 17.6 Å². The summed E-state index contributed by atoms with van der Waals surface area (Å²) in [6.45, 7) is 1.37. The summed E-state index contributed by atoms with van der Waals surface area (Å²) in [6, 6.07) is 7.87. The second-order valence-corrected chi connectivity index (χ2v) is 7.36. The number of amides is 1. The van der Waals surface area contributed by atoms with E-state index in [2.05, 4.69) is 7.70 Å². The molecule has 1 unspecified atom stereocenters. The van der Waals surface area contributed by atoms with Gasteiger partial charge in [-0.2, -0.15) is 0 Å². The van der Waals surface area contributed by atoms with E-state index in [1.807, 2.05) is 5.48 Å². The molecule has 0 saturated carbocycles. The number of nitrogens with one attached hydrogen (secondary N) is 1. The maximum absolute atomic E-state index is 11.8. The summed E-state index contributed by atoms with van der Waals surface area (Å²) in [5.41, 5.74) is 1.88. The van der Waals surface area contributed by atoms with E-state index >= 15 is 0 Å². The van der Waals surface area contributed by atoms with Gasteiger partial charge in [0.15, 0.2) is 0 Å². The molecule has 0 aliphatic carbocycles. The van der Waals surface area contributed by atoms with Gasteiger partial charge in [-0.25, -0.2) is 0 Å². The second-order valence-electron chi connectivity index (χ2n) is 3.46. The first kappa shape index (κ1) is 18.8. The fourth-order valence-corrected chi connectivity index (χ4v) is 3.06. The van der Waals surface area contributed by atoms with Gasteiger partial charge in [0.05, 0.1) is 0 Å². The van der Waals surface area contributed by atoms with Crippen LogP contribution in [-0.4, -0.2) is 48.8 Å². The van der Waals surface area contributed by atoms with Gasteiger partial charge < -0.3 is 10.2 Å². The zero-order chi connectivity index (χ0) is 15.4. The summed E-state index contributed by atoms with van der Waals surface area (Å²) in [6.07, 6.45) is 0.500. The van der Waals surface area contributed by atoms with Crippen LogP contribution in [0.5, 0.6) is 0 Å². The summed E-state index contributed by atoms with van der Waals surface area (Å²) in [5, 5.41) is 24.4. The van der Waals surface area contributed by atoms with Crippen LogP contribution in [0.2, 0.25) is 0 Å². The van der Waals surface area contributed by atoms with E-state index in [4.69, 9.17) is 15.5 Å². The Hall–Kier alpha value is -1.15. The van der Waals surface area contributed by atoms with Crippen LogP contribution in [0.15, 0.2) is 30.3 Å². The maximum atomic E-state index is 11.8. The standard InChI is InChI=1S/C8H10AsNO5.C3H8O2/c1-7(11)10-14-9(12,15-13)8-5-3-2-4-6-8;4-2-1-3-5/h2-6,13H,1H3,(H,10,11);4-5H,1-3H2. The Morgan fingerprint density at radius 3 is 2.15 bits per heavy atom. The van der Waals surface area contributed by atoms with Gasteiger partial charge in [0.25, 0.3) is 0 Å². The smallest absolute Gasteiger partial charge is 0.0452 e. The quantitative estimate of drug-likeness (QED) is 0.300. The molecule has 1 aromatic rings. The number of carbonyl (C=O) groups excluding carboxylic acids is 1. The van der Waals surface area contributed by atoms with E-state index in [9.17, 15) is 8.53 Å². The first-order valence-electron chi connectivity index (χ1n) is 5.66. The fourth-order valence-electron chi connectivity index (χ4n) is 0.922. The Balaban J connectivity index is 0.000000621. The predicted molar refractivity (Wildman–Crippen MR) is 69.9 cm³/mol. The van der Waals surface area contributed by atoms with E-state index in [0.717, 1.165) is 0 Å². The van der Waals surface area contributed by atoms with Crippen molar-refractivity contribution in [1.29, 1.82) is 0 Å². The van der Waals surface area contributed by atoms with Crippen molar-refractivity contribution in [3.63, 3.8) is 0 Å². The molecule has 8 nitrogen and oxygen atoms in total. The number of aliphatic hydroxyl groups is 2. The maximum Gasteiger partial charge on any atom is 0.0452 e. The molecule has 0 aliphatic rings. The minimum absolute atomic E-state index is 0.0938. The first-order valence-corrected chi connectivity index (χ1v) is 8.89. The third-order valence-corrected chi connectivity index (χ3v) is 4.91. The van der Waals surface area contributed by atoms with Gasteiger partial charge in [0.1, 0.15) is 0 Å². The number of hydrogen-bond acceptors (Lipinski definition) is 7. The Labute approximate surface area is 119 Å². The Bertz CT molecular complexity index is 424. The van der Waals surface area contributed by atoms with Crippen molar-refractivity contribution in [2.24, 2.45) is 0 Å². The van der Waals surface area contributed by atoms with Crippen LogP contribution in [0.4, 0.5) is 0 Å². The zero-order valence-electron chi connectivity index (χ0n) is 10.9. The fraction of sp³-hybridized carbons (Fsp3) is 0.364. The van der Waals surface area contributed by atoms with Crippen molar-refractivity contribution in [2.75, 3.05) is 13.2 Å². The molecule has 0 fully saturated rings. The summed E-state index contributed by atoms with van der Waals surface area (Å²) >= 11 is -4.55. The molecule has 0 aliphatic heterocycles. The average Bonchev–Trinajstić information content (AvgIpc) is 2.47. The number of carbonyl (C=O) groups is 1. The third-order valence-electron chi connectivity index (χ3n) is 1.81. The molecule has 9 heteroatoms. The molecule has 20 heavy (non-hydrogen) atoms. The predicted octanol–water partition coefficient (Wildman–Crippen LogP) is -0.819. The normalized spacial score (nSPS) is 12.8. The monoisotopic (exact) mass is 351 g/mol. The molecule has 0 heterocycles. The molecule has 1 amide bonds. The first-order chi connectivity index (χ1) is 9.50. The third kappa shape index (κ3) is 7.44. The van der Waals surface area contributed by atoms with E-state index < -0.39 is 20.1 Å². The van der Waals surface area contributed by atoms with Crippen molar-refractivity contribution in [1.82, 2.24) is 5.48 Å². The Morgan fingerprint density at radius 2 is 1.80 bits per heavy atom. The van der Waals surface area contributed by atoms with E-state index in [1.165, 1.54) is 19.1 Å². The molecule has 114 valence electrons. The molecule has 1 aromatic carbocycles. The number of benzene rings is 1. The van der Waals surface area contributed by atoms with Gasteiger partial charge in [0.2, 0.25) is 0 Å². The Morgan fingerprint density at radius 1 is 1.25 bits per heavy atom. The van der Waals surface area contributed by atoms with Gasteiger partial charge >= 0.3 is 88.7 Å². The zero-order valence-corrected chi connectivity index (χ0v) is 12.8. The number of hydrogen-bond donors (Lipinski definition) is 4. The molecule has 0 spiro atoms. The van der Waals surface area contributed by atoms with Gasteiger partial charge in [-0.15, -0.1) is 0 Å². The molecule has 0 bridgehead atoms. The van der Waals surface area contributed by atoms with Crippen molar-refractivity contribution in [3.8, 4) is 0 Å². The minimum Gasteiger partial charge on any atom is -0.396 e. The molecule has 1 rings (SSSR count). The summed E-state index contributed by atoms with van der Waals surface area (Å²) in [4.78, 5) is 10.6. The largest absolute Gasteiger partial charge is 0.396 e. The number of rotatable bonds is 6. The van der Waals surface area contributed by atoms with Gasteiger partial charge in [-0.3, -0.25) is 0 Å². The van der Waals surface area contributed by atoms with Gasteiger partial charge in [0, 0.05) is 13.2 Å². The average molecular weight is 351 g/mol. The van der Waals surface area contributed by atoms with Crippen LogP contribution >= 0.6 is 0 Å². The van der Waals surface area contributed by atoms with Crippen LogP contribution in [0.25, 0.3) is 0 Å².